The first-order chi connectivity index (χ1) is 7.67. The Morgan fingerprint density at radius 3 is 2.37 bits per heavy atom. The summed E-state index contributed by atoms with van der Waals surface area (Å²) < 4.78 is 0. The van der Waals surface area contributed by atoms with Crippen molar-refractivity contribution >= 4 is 23.3 Å². The van der Waals surface area contributed by atoms with Gasteiger partial charge in [0.15, 0.2) is 0 Å². The Hall–Kier alpha value is 0.436. The molecule has 0 fully saturated rings. The van der Waals surface area contributed by atoms with E-state index in [0.717, 1.165) is 15.6 Å². The molecule has 0 saturated heterocycles. The zero-order chi connectivity index (χ0) is 12.6. The van der Waals surface area contributed by atoms with Crippen LogP contribution in [0.5, 0.6) is 0 Å². The van der Waals surface area contributed by atoms with E-state index in [0.29, 0.717) is 0 Å². The first-order valence-corrected chi connectivity index (χ1v) is 6.07. The first kappa shape index (κ1) is 27.7. The van der Waals surface area contributed by atoms with E-state index in [9.17, 15) is 4.79 Å². The molecule has 3 N–H and O–H groups in total. The van der Waals surface area contributed by atoms with Crippen LogP contribution >= 0.6 is 11.3 Å². The number of aromatic nitrogens is 1. The number of carbonyl (C=O) groups is 1. The molecular formula is C13H25KN3OS-. The Kier molecular flexibility index (Phi) is 24.1. The molecule has 19 heavy (non-hydrogen) atoms. The predicted molar refractivity (Wildman–Crippen MR) is 81.8 cm³/mol. The van der Waals surface area contributed by atoms with Crippen molar-refractivity contribution in [3.63, 3.8) is 0 Å². The van der Waals surface area contributed by atoms with Crippen LogP contribution in [-0.2, 0) is 11.2 Å². The Bertz CT molecular complexity index is 365. The number of aryl methyl sites for hydroxylation is 1. The molecule has 0 radical (unpaired) electrons. The molecular weight excluding hydrogens is 285 g/mol. The molecule has 1 aromatic heterocycles. The van der Waals surface area contributed by atoms with Crippen LogP contribution in [0.4, 0.5) is 0 Å². The van der Waals surface area contributed by atoms with Gasteiger partial charge in [-0.15, -0.1) is 11.3 Å². The molecule has 6 heteroatoms. The fourth-order valence-electron chi connectivity index (χ4n) is 1.04. The third-order valence-electron chi connectivity index (χ3n) is 1.67. The van der Waals surface area contributed by atoms with Crippen molar-refractivity contribution in [3.8, 4) is 0 Å². The Labute approximate surface area is 164 Å². The second-order valence-electron chi connectivity index (χ2n) is 2.79. The number of nitrogens with two attached hydrogens (primary N) is 1. The van der Waals surface area contributed by atoms with Crippen molar-refractivity contribution in [3.05, 3.63) is 36.5 Å². The summed E-state index contributed by atoms with van der Waals surface area (Å²) in [6.07, 6.45) is 4.10. The van der Waals surface area contributed by atoms with E-state index in [1.54, 1.807) is 0 Å². The minimum atomic E-state index is -0.217. The topological polar surface area (TPSA) is 68.0 Å². The molecule has 0 spiro atoms. The van der Waals surface area contributed by atoms with Crippen LogP contribution in [0.15, 0.2) is 6.08 Å². The minimum Gasteiger partial charge on any atom is -0.358 e. The molecule has 0 aromatic carbocycles. The number of thiazole rings is 1. The third kappa shape index (κ3) is 10.8. The van der Waals surface area contributed by atoms with E-state index in [4.69, 9.17) is 5.84 Å². The van der Waals surface area contributed by atoms with Gasteiger partial charge in [0.1, 0.15) is 5.01 Å². The van der Waals surface area contributed by atoms with Crippen LogP contribution in [0.25, 0.3) is 6.08 Å². The maximum absolute atomic E-state index is 11.0. The molecule has 0 atom stereocenters. The summed E-state index contributed by atoms with van der Waals surface area (Å²) in [7, 11) is 0. The number of carbonyl (C=O) groups excluding carboxylic acids is 1. The quantitative estimate of drug-likeness (QED) is 0.270. The van der Waals surface area contributed by atoms with Gasteiger partial charge in [-0.05, 0) is 19.9 Å². The second-order valence-corrected chi connectivity index (χ2v) is 4.08. The normalized spacial score (nSPS) is 8.26. The van der Waals surface area contributed by atoms with Gasteiger partial charge in [-0.3, -0.25) is 10.2 Å². The Morgan fingerprint density at radius 2 is 1.95 bits per heavy atom. The zero-order valence-corrected chi connectivity index (χ0v) is 17.1. The van der Waals surface area contributed by atoms with Gasteiger partial charge in [-0.1, -0.05) is 19.9 Å². The molecule has 0 bridgehead atoms. The van der Waals surface area contributed by atoms with Gasteiger partial charge in [0, 0.05) is 4.88 Å². The van der Waals surface area contributed by atoms with Crippen LogP contribution in [0.3, 0.4) is 0 Å². The number of amides is 1. The zero-order valence-electron chi connectivity index (χ0n) is 13.2. The van der Waals surface area contributed by atoms with Crippen molar-refractivity contribution in [1.82, 2.24) is 10.4 Å². The SMILES string of the molecule is C/C=C\c1nc(CC(=O)NN)sc1C.CC.[CH3-].[CH3-].[K+]. The summed E-state index contributed by atoms with van der Waals surface area (Å²) in [5, 5.41) is 0.790. The van der Waals surface area contributed by atoms with Crippen molar-refractivity contribution < 1.29 is 56.2 Å². The molecule has 1 aromatic rings. The molecule has 0 saturated carbocycles. The summed E-state index contributed by atoms with van der Waals surface area (Å²) in [5.41, 5.74) is 3.01. The standard InChI is InChI=1S/C9H13N3OS.C2H6.2CH3.K/c1-3-4-7-6(2)14-9(11-7)5-8(13)12-10;1-2;;;/h3-4H,5,10H2,1-2H3,(H,12,13);1-2H3;2*1H3;/q;;2*-1;+1/b4-3-;;;;. The van der Waals surface area contributed by atoms with Gasteiger partial charge in [-0.25, -0.2) is 10.8 Å². The van der Waals surface area contributed by atoms with E-state index in [2.05, 4.69) is 10.4 Å². The summed E-state index contributed by atoms with van der Waals surface area (Å²) in [5.74, 6) is 4.77. The average molecular weight is 311 g/mol. The third-order valence-corrected chi connectivity index (χ3v) is 2.66. The van der Waals surface area contributed by atoms with Crippen molar-refractivity contribution in [1.29, 1.82) is 0 Å². The predicted octanol–water partition coefficient (Wildman–Crippen LogP) is -0.0522. The number of rotatable bonds is 3. The summed E-state index contributed by atoms with van der Waals surface area (Å²) >= 11 is 1.52. The number of nitrogens with one attached hydrogen (secondary N) is 1. The number of allylic oxidation sites excluding steroid dienone is 1. The maximum atomic E-state index is 11.0. The summed E-state index contributed by atoms with van der Waals surface area (Å²) in [4.78, 5) is 16.4. The van der Waals surface area contributed by atoms with Crippen molar-refractivity contribution in [2.24, 2.45) is 5.84 Å². The van der Waals surface area contributed by atoms with E-state index < -0.39 is 0 Å². The molecule has 1 rings (SSSR count). The van der Waals surface area contributed by atoms with E-state index in [1.807, 2.05) is 39.8 Å². The van der Waals surface area contributed by atoms with Gasteiger partial charge in [-0.2, -0.15) is 0 Å². The van der Waals surface area contributed by atoms with Crippen LogP contribution in [0, 0.1) is 21.8 Å². The molecule has 0 aliphatic heterocycles. The van der Waals surface area contributed by atoms with Crippen LogP contribution in [-0.4, -0.2) is 10.9 Å². The van der Waals surface area contributed by atoms with Gasteiger partial charge in [0.25, 0.3) is 0 Å². The second kappa shape index (κ2) is 16.5. The largest absolute Gasteiger partial charge is 1.00 e. The van der Waals surface area contributed by atoms with Gasteiger partial charge >= 0.3 is 51.4 Å². The molecule has 0 aliphatic carbocycles. The summed E-state index contributed by atoms with van der Waals surface area (Å²) in [6.45, 7) is 7.92. The van der Waals surface area contributed by atoms with Crippen LogP contribution in [0.1, 0.15) is 36.3 Å². The smallest absolute Gasteiger partial charge is 0.358 e. The van der Waals surface area contributed by atoms with Gasteiger partial charge in [0.05, 0.1) is 12.1 Å². The molecule has 1 heterocycles. The first-order valence-electron chi connectivity index (χ1n) is 5.25. The monoisotopic (exact) mass is 310 g/mol. The average Bonchev–Trinajstić information content (AvgIpc) is 2.62. The van der Waals surface area contributed by atoms with Gasteiger partial charge < -0.3 is 14.9 Å². The minimum absolute atomic E-state index is 0. The van der Waals surface area contributed by atoms with Crippen LogP contribution < -0.4 is 62.7 Å². The molecule has 4 nitrogen and oxygen atoms in total. The number of nitrogens with zero attached hydrogens (tertiary/aromatic N) is 1. The number of hydrogen-bond acceptors (Lipinski definition) is 4. The Morgan fingerprint density at radius 1 is 1.42 bits per heavy atom. The van der Waals surface area contributed by atoms with Crippen molar-refractivity contribution in [2.75, 3.05) is 0 Å². The molecule has 1 amide bonds. The molecule has 106 valence electrons. The van der Waals surface area contributed by atoms with Gasteiger partial charge in [0.2, 0.25) is 5.91 Å². The Balaban J connectivity index is -0.000000214. The fourth-order valence-corrected chi connectivity index (χ4v) is 1.96. The number of hydrazine groups is 1. The molecule has 0 aliphatic rings. The van der Waals surface area contributed by atoms with Crippen molar-refractivity contribution in [2.45, 2.75) is 34.1 Å². The summed E-state index contributed by atoms with van der Waals surface area (Å²) in [6, 6.07) is 0. The van der Waals surface area contributed by atoms with E-state index >= 15 is 0 Å². The maximum Gasteiger partial charge on any atom is 1.00 e. The molecule has 0 unspecified atom stereocenters. The fraction of sp³-hybridized carbons (Fsp3) is 0.385. The van der Waals surface area contributed by atoms with E-state index in [-0.39, 0.29) is 78.6 Å². The van der Waals surface area contributed by atoms with Crippen LogP contribution in [0.2, 0.25) is 0 Å². The number of hydrogen-bond donors (Lipinski definition) is 2. The van der Waals surface area contributed by atoms with E-state index in [1.165, 1.54) is 11.3 Å².